The summed E-state index contributed by atoms with van der Waals surface area (Å²) in [5.41, 5.74) is 4.01. The zero-order chi connectivity index (χ0) is 12.7. The molecule has 0 radical (unpaired) electrons. The van der Waals surface area contributed by atoms with Crippen molar-refractivity contribution in [2.24, 2.45) is 7.05 Å². The van der Waals surface area contributed by atoms with Crippen molar-refractivity contribution < 1.29 is 0 Å². The molecule has 0 N–H and O–H groups in total. The summed E-state index contributed by atoms with van der Waals surface area (Å²) in [5, 5.41) is 13.6. The van der Waals surface area contributed by atoms with E-state index < -0.39 is 0 Å². The summed E-state index contributed by atoms with van der Waals surface area (Å²) in [6.45, 7) is 2.00. The van der Waals surface area contributed by atoms with Crippen LogP contribution < -0.4 is 0 Å². The molecule has 0 aliphatic heterocycles. The number of nitrogens with zero attached hydrogens (tertiary/aromatic N) is 5. The number of aryl methyl sites for hydroxylation is 2. The first-order valence-electron chi connectivity index (χ1n) is 5.61. The molecule has 0 amide bonds. The Morgan fingerprint density at radius 2 is 2.06 bits per heavy atom. The number of hydrogen-bond acceptors (Lipinski definition) is 3. The molecule has 0 aliphatic rings. The fourth-order valence-corrected chi connectivity index (χ4v) is 2.79. The number of alkyl halides is 1. The van der Waals surface area contributed by atoms with Gasteiger partial charge in [-0.15, -0.1) is 5.10 Å². The van der Waals surface area contributed by atoms with Gasteiger partial charge < -0.3 is 0 Å². The summed E-state index contributed by atoms with van der Waals surface area (Å²) in [7, 11) is 1.92. The molecule has 18 heavy (non-hydrogen) atoms. The molecule has 0 aliphatic carbocycles. The van der Waals surface area contributed by atoms with Crippen LogP contribution in [0, 0.1) is 6.92 Å². The van der Waals surface area contributed by atoms with E-state index in [-0.39, 0.29) is 0 Å². The second-order valence-corrected chi connectivity index (χ2v) is 4.70. The Bertz CT molecular complexity index is 712. The van der Waals surface area contributed by atoms with Gasteiger partial charge in [0.2, 0.25) is 0 Å². The highest BCUT2D eigenvalue weighted by atomic mass is 79.9. The van der Waals surface area contributed by atoms with Crippen LogP contribution in [0.25, 0.3) is 16.9 Å². The van der Waals surface area contributed by atoms with Crippen LogP contribution in [-0.4, -0.2) is 24.8 Å². The molecule has 1 aromatic carbocycles. The van der Waals surface area contributed by atoms with E-state index in [9.17, 15) is 0 Å². The van der Waals surface area contributed by atoms with Crippen molar-refractivity contribution in [1.29, 1.82) is 0 Å². The summed E-state index contributed by atoms with van der Waals surface area (Å²) >= 11 is 3.51. The highest BCUT2D eigenvalue weighted by molar-refractivity contribution is 9.08. The normalized spacial score (nSPS) is 11.3. The molecule has 0 bridgehead atoms. The maximum absolute atomic E-state index is 4.44. The molecule has 3 aromatic rings. The van der Waals surface area contributed by atoms with Crippen LogP contribution in [0.3, 0.4) is 0 Å². The van der Waals surface area contributed by atoms with Gasteiger partial charge in [-0.1, -0.05) is 33.3 Å². The molecule has 0 fully saturated rings. The van der Waals surface area contributed by atoms with E-state index >= 15 is 0 Å². The van der Waals surface area contributed by atoms with Crippen LogP contribution in [-0.2, 0) is 12.4 Å². The van der Waals surface area contributed by atoms with Gasteiger partial charge in [-0.05, 0) is 19.1 Å². The molecule has 6 heteroatoms. The molecule has 2 heterocycles. The van der Waals surface area contributed by atoms with Crippen molar-refractivity contribution in [3.8, 4) is 5.82 Å². The van der Waals surface area contributed by atoms with Crippen LogP contribution in [0.5, 0.6) is 0 Å². The minimum Gasteiger partial charge on any atom is -0.250 e. The largest absolute Gasteiger partial charge is 0.250 e. The number of para-hydroxylation sites is 1. The minimum atomic E-state index is 0.746. The highest BCUT2D eigenvalue weighted by Gasteiger charge is 2.17. The van der Waals surface area contributed by atoms with Gasteiger partial charge in [-0.25, -0.2) is 0 Å². The van der Waals surface area contributed by atoms with Gasteiger partial charge in [0.15, 0.2) is 5.82 Å². The average molecular weight is 306 g/mol. The maximum atomic E-state index is 4.44. The Hall–Kier alpha value is -1.69. The number of fused-ring (bicyclic) bond motifs is 1. The van der Waals surface area contributed by atoms with Crippen molar-refractivity contribution in [3.05, 3.63) is 35.5 Å². The molecular weight excluding hydrogens is 294 g/mol. The molecule has 0 spiro atoms. The summed E-state index contributed by atoms with van der Waals surface area (Å²) in [6.07, 6.45) is 0. The molecule has 5 nitrogen and oxygen atoms in total. The Labute approximate surface area is 113 Å². The number of halogens is 1. The van der Waals surface area contributed by atoms with Gasteiger partial charge in [0.25, 0.3) is 0 Å². The predicted octanol–water partition coefficient (Wildman–Crippen LogP) is 2.36. The molecule has 0 atom stereocenters. The van der Waals surface area contributed by atoms with E-state index in [1.165, 1.54) is 0 Å². The SMILES string of the molecule is Cc1nn(C)c(-n2nnc3ccccc32)c1CBr. The van der Waals surface area contributed by atoms with E-state index in [2.05, 4.69) is 31.3 Å². The van der Waals surface area contributed by atoms with Crippen molar-refractivity contribution >= 4 is 27.0 Å². The molecule has 2 aromatic heterocycles. The molecule has 3 rings (SSSR count). The average Bonchev–Trinajstić information content (AvgIpc) is 2.89. The fourth-order valence-electron chi connectivity index (χ4n) is 2.14. The summed E-state index contributed by atoms with van der Waals surface area (Å²) < 4.78 is 3.68. The summed E-state index contributed by atoms with van der Waals surface area (Å²) in [5.74, 6) is 0.957. The Balaban J connectivity index is 2.33. The van der Waals surface area contributed by atoms with E-state index in [0.717, 1.165) is 33.4 Å². The first-order valence-corrected chi connectivity index (χ1v) is 6.73. The molecule has 0 saturated heterocycles. The fraction of sp³-hybridized carbons (Fsp3) is 0.250. The van der Waals surface area contributed by atoms with Crippen molar-refractivity contribution in [1.82, 2.24) is 24.8 Å². The van der Waals surface area contributed by atoms with Gasteiger partial charge in [0, 0.05) is 17.9 Å². The second-order valence-electron chi connectivity index (χ2n) is 4.13. The van der Waals surface area contributed by atoms with E-state index in [0.29, 0.717) is 0 Å². The topological polar surface area (TPSA) is 48.5 Å². The lowest BCUT2D eigenvalue weighted by molar-refractivity contribution is 0.685. The lowest BCUT2D eigenvalue weighted by atomic mass is 10.2. The number of benzene rings is 1. The first kappa shape index (κ1) is 11.4. The van der Waals surface area contributed by atoms with Crippen LogP contribution in [0.4, 0.5) is 0 Å². The predicted molar refractivity (Wildman–Crippen MR) is 73.0 cm³/mol. The number of rotatable bonds is 2. The third-order valence-electron chi connectivity index (χ3n) is 3.00. The summed E-state index contributed by atoms with van der Waals surface area (Å²) in [6, 6.07) is 7.91. The van der Waals surface area contributed by atoms with Crippen molar-refractivity contribution in [3.63, 3.8) is 0 Å². The Morgan fingerprint density at radius 1 is 1.28 bits per heavy atom. The van der Waals surface area contributed by atoms with Gasteiger partial charge in [-0.3, -0.25) is 4.68 Å². The molecule has 0 saturated carbocycles. The van der Waals surface area contributed by atoms with Crippen LogP contribution in [0.15, 0.2) is 24.3 Å². The molecular formula is C12H12BrN5. The van der Waals surface area contributed by atoms with Gasteiger partial charge in [-0.2, -0.15) is 9.78 Å². The molecule has 92 valence electrons. The third-order valence-corrected chi connectivity index (χ3v) is 3.56. The Kier molecular flexibility index (Phi) is 2.66. The van der Waals surface area contributed by atoms with Crippen LogP contribution >= 0.6 is 15.9 Å². The van der Waals surface area contributed by atoms with Gasteiger partial charge in [0.05, 0.1) is 11.2 Å². The quantitative estimate of drug-likeness (QED) is 0.683. The monoisotopic (exact) mass is 305 g/mol. The van der Waals surface area contributed by atoms with Crippen molar-refractivity contribution in [2.45, 2.75) is 12.3 Å². The zero-order valence-corrected chi connectivity index (χ0v) is 11.7. The lowest BCUT2D eigenvalue weighted by Crippen LogP contribution is -2.06. The summed E-state index contributed by atoms with van der Waals surface area (Å²) in [4.78, 5) is 0. The highest BCUT2D eigenvalue weighted by Crippen LogP contribution is 2.23. The van der Waals surface area contributed by atoms with Crippen LogP contribution in [0.1, 0.15) is 11.3 Å². The van der Waals surface area contributed by atoms with E-state index in [1.54, 1.807) is 0 Å². The number of hydrogen-bond donors (Lipinski definition) is 0. The standard InChI is InChI=1S/C12H12BrN5/c1-8-9(7-13)12(17(2)15-8)18-11-6-4-3-5-10(11)14-16-18/h3-6H,7H2,1-2H3. The van der Waals surface area contributed by atoms with Crippen molar-refractivity contribution in [2.75, 3.05) is 0 Å². The van der Waals surface area contributed by atoms with E-state index in [4.69, 9.17) is 0 Å². The van der Waals surface area contributed by atoms with Crippen LogP contribution in [0.2, 0.25) is 0 Å². The first-order chi connectivity index (χ1) is 8.72. The molecule has 0 unspecified atom stereocenters. The lowest BCUT2D eigenvalue weighted by Gasteiger charge is -2.04. The zero-order valence-electron chi connectivity index (χ0n) is 10.1. The Morgan fingerprint density at radius 3 is 2.83 bits per heavy atom. The third kappa shape index (κ3) is 1.56. The minimum absolute atomic E-state index is 0.746. The van der Waals surface area contributed by atoms with E-state index in [1.807, 2.05) is 47.6 Å². The maximum Gasteiger partial charge on any atom is 0.158 e. The van der Waals surface area contributed by atoms with Gasteiger partial charge in [0.1, 0.15) is 5.52 Å². The smallest absolute Gasteiger partial charge is 0.158 e. The van der Waals surface area contributed by atoms with Gasteiger partial charge >= 0.3 is 0 Å². The number of aromatic nitrogens is 5. The second kappa shape index (κ2) is 4.20.